The van der Waals surface area contributed by atoms with Crippen LogP contribution in [-0.2, 0) is 6.54 Å². The lowest BCUT2D eigenvalue weighted by Crippen LogP contribution is -2.39. The van der Waals surface area contributed by atoms with E-state index in [-0.39, 0.29) is 36.3 Å². The third-order valence-corrected chi connectivity index (χ3v) is 4.47. The Balaban J connectivity index is 0.00000364. The Hall–Kier alpha value is -1.46. The zero-order valence-corrected chi connectivity index (χ0v) is 18.3. The van der Waals surface area contributed by atoms with Gasteiger partial charge in [-0.1, -0.05) is 12.1 Å². The molecule has 0 saturated carbocycles. The number of nitrogens with zero attached hydrogens (tertiary/aromatic N) is 1. The minimum atomic E-state index is -2.86. The molecule has 0 bridgehead atoms. The maximum absolute atomic E-state index is 12.2. The lowest BCUT2D eigenvalue weighted by molar-refractivity contribution is -0.0498. The number of hydrogen-bond acceptors (Lipinski definition) is 4. The van der Waals surface area contributed by atoms with Crippen LogP contribution in [0.15, 0.2) is 41.4 Å². The topological polar surface area (TPSA) is 65.9 Å². The van der Waals surface area contributed by atoms with E-state index in [9.17, 15) is 13.9 Å². The van der Waals surface area contributed by atoms with Crippen molar-refractivity contribution in [2.24, 2.45) is 4.99 Å². The van der Waals surface area contributed by atoms with E-state index in [1.807, 2.05) is 13.0 Å². The van der Waals surface area contributed by atoms with Crippen LogP contribution in [-0.4, -0.2) is 30.8 Å². The molecule has 0 aliphatic carbocycles. The number of rotatable bonds is 8. The lowest BCUT2D eigenvalue weighted by atomic mass is 10.1. The van der Waals surface area contributed by atoms with Crippen molar-refractivity contribution in [2.75, 3.05) is 13.1 Å². The molecule has 9 heteroatoms. The highest BCUT2D eigenvalue weighted by atomic mass is 127. The van der Waals surface area contributed by atoms with Gasteiger partial charge in [0.25, 0.3) is 0 Å². The van der Waals surface area contributed by atoms with Crippen LogP contribution < -0.4 is 15.4 Å². The Kier molecular flexibility index (Phi) is 10.6. The second-order valence-corrected chi connectivity index (χ2v) is 6.92. The Morgan fingerprint density at radius 1 is 1.19 bits per heavy atom. The summed E-state index contributed by atoms with van der Waals surface area (Å²) >= 11 is 1.70. The van der Waals surface area contributed by atoms with E-state index in [1.165, 1.54) is 17.0 Å². The van der Waals surface area contributed by atoms with E-state index in [4.69, 9.17) is 0 Å². The molecule has 0 saturated heterocycles. The van der Waals surface area contributed by atoms with Crippen molar-refractivity contribution in [3.05, 3.63) is 51.7 Å². The highest BCUT2D eigenvalue weighted by Crippen LogP contribution is 2.19. The molecule has 0 spiro atoms. The summed E-state index contributed by atoms with van der Waals surface area (Å²) in [5.74, 6) is 0.667. The van der Waals surface area contributed by atoms with Crippen molar-refractivity contribution in [1.29, 1.82) is 0 Å². The zero-order valence-electron chi connectivity index (χ0n) is 15.1. The van der Waals surface area contributed by atoms with E-state index in [2.05, 4.69) is 33.4 Å². The summed E-state index contributed by atoms with van der Waals surface area (Å²) in [6.45, 7) is 2.65. The maximum Gasteiger partial charge on any atom is 0.387 e. The number of aliphatic imine (C=N–C) groups is 1. The Labute approximate surface area is 178 Å². The Bertz CT molecular complexity index is 711. The number of hydrogen-bond donors (Lipinski definition) is 3. The van der Waals surface area contributed by atoms with Crippen molar-refractivity contribution in [1.82, 2.24) is 10.6 Å². The first-order valence-corrected chi connectivity index (χ1v) is 9.10. The molecule has 0 aliphatic rings. The number of halogens is 3. The third kappa shape index (κ3) is 8.39. The summed E-state index contributed by atoms with van der Waals surface area (Å²) < 4.78 is 28.6. The van der Waals surface area contributed by atoms with E-state index in [0.717, 1.165) is 4.88 Å². The third-order valence-electron chi connectivity index (χ3n) is 3.49. The van der Waals surface area contributed by atoms with Crippen LogP contribution >= 0.6 is 35.3 Å². The van der Waals surface area contributed by atoms with E-state index >= 15 is 0 Å². The van der Waals surface area contributed by atoms with Gasteiger partial charge in [-0.2, -0.15) is 8.78 Å². The number of aryl methyl sites for hydroxylation is 1. The van der Waals surface area contributed by atoms with Gasteiger partial charge in [0.15, 0.2) is 5.96 Å². The van der Waals surface area contributed by atoms with Gasteiger partial charge < -0.3 is 20.5 Å². The molecule has 2 aromatic rings. The number of aliphatic hydroxyl groups is 1. The molecule has 0 fully saturated rings. The van der Waals surface area contributed by atoms with Crippen LogP contribution in [0.5, 0.6) is 5.75 Å². The van der Waals surface area contributed by atoms with Gasteiger partial charge in [-0.05, 0) is 43.7 Å². The summed E-state index contributed by atoms with van der Waals surface area (Å²) in [6, 6.07) is 10.0. The number of guanidine groups is 1. The monoisotopic (exact) mass is 511 g/mol. The number of alkyl halides is 2. The van der Waals surface area contributed by atoms with E-state index in [0.29, 0.717) is 24.6 Å². The largest absolute Gasteiger partial charge is 0.435 e. The van der Waals surface area contributed by atoms with Crippen molar-refractivity contribution in [2.45, 2.75) is 33.1 Å². The van der Waals surface area contributed by atoms with Crippen molar-refractivity contribution < 1.29 is 18.6 Å². The molecule has 1 aromatic carbocycles. The van der Waals surface area contributed by atoms with Gasteiger partial charge in [0.1, 0.15) is 5.75 Å². The van der Waals surface area contributed by atoms with E-state index in [1.54, 1.807) is 23.5 Å². The van der Waals surface area contributed by atoms with Crippen LogP contribution in [0.25, 0.3) is 0 Å². The average molecular weight is 511 g/mol. The SMILES string of the molecule is CCNC(=NCc1ccc(C)s1)NCC(O)c1ccc(OC(F)F)cc1.I. The molecular weight excluding hydrogens is 487 g/mol. The van der Waals surface area contributed by atoms with E-state index < -0.39 is 12.7 Å². The molecule has 3 N–H and O–H groups in total. The predicted octanol–water partition coefficient (Wildman–Crippen LogP) is 4.06. The van der Waals surface area contributed by atoms with Crippen LogP contribution in [0, 0.1) is 6.92 Å². The maximum atomic E-state index is 12.2. The molecular formula is C18H24F2IN3O2S. The van der Waals surface area contributed by atoms with Crippen LogP contribution in [0.1, 0.15) is 28.3 Å². The summed E-state index contributed by atoms with van der Waals surface area (Å²) in [5, 5.41) is 16.5. The van der Waals surface area contributed by atoms with Gasteiger partial charge in [-0.3, -0.25) is 0 Å². The van der Waals surface area contributed by atoms with Crippen molar-refractivity contribution in [3.8, 4) is 5.75 Å². The molecule has 5 nitrogen and oxygen atoms in total. The summed E-state index contributed by atoms with van der Waals surface area (Å²) in [4.78, 5) is 6.90. The number of nitrogens with one attached hydrogen (secondary N) is 2. The average Bonchev–Trinajstić information content (AvgIpc) is 3.02. The molecule has 1 heterocycles. The number of benzene rings is 1. The fraction of sp³-hybridized carbons (Fsp3) is 0.389. The molecule has 150 valence electrons. The van der Waals surface area contributed by atoms with Gasteiger partial charge in [0.05, 0.1) is 12.6 Å². The quantitative estimate of drug-likeness (QED) is 0.284. The smallest absolute Gasteiger partial charge is 0.387 e. The molecule has 0 amide bonds. The zero-order chi connectivity index (χ0) is 18.9. The second-order valence-electron chi connectivity index (χ2n) is 5.55. The first-order chi connectivity index (χ1) is 12.5. The Morgan fingerprint density at radius 3 is 2.44 bits per heavy atom. The van der Waals surface area contributed by atoms with Crippen LogP contribution in [0.4, 0.5) is 8.78 Å². The molecule has 1 atom stereocenters. The van der Waals surface area contributed by atoms with Gasteiger partial charge in [-0.25, -0.2) is 4.99 Å². The van der Waals surface area contributed by atoms with Crippen molar-refractivity contribution in [3.63, 3.8) is 0 Å². The number of ether oxygens (including phenoxy) is 1. The number of thiophene rings is 1. The second kappa shape index (κ2) is 12.1. The fourth-order valence-corrected chi connectivity index (χ4v) is 3.07. The molecule has 27 heavy (non-hydrogen) atoms. The molecule has 0 radical (unpaired) electrons. The first kappa shape index (κ1) is 23.6. The molecule has 2 rings (SSSR count). The lowest BCUT2D eigenvalue weighted by Gasteiger charge is -2.16. The number of aliphatic hydroxyl groups excluding tert-OH is 1. The van der Waals surface area contributed by atoms with Gasteiger partial charge in [0.2, 0.25) is 0 Å². The fourth-order valence-electron chi connectivity index (χ4n) is 2.25. The van der Waals surface area contributed by atoms with Gasteiger partial charge >= 0.3 is 6.61 Å². The van der Waals surface area contributed by atoms with Crippen LogP contribution in [0.3, 0.4) is 0 Å². The molecule has 1 aromatic heterocycles. The van der Waals surface area contributed by atoms with Gasteiger partial charge in [0, 0.05) is 22.8 Å². The summed E-state index contributed by atoms with van der Waals surface area (Å²) in [7, 11) is 0. The summed E-state index contributed by atoms with van der Waals surface area (Å²) in [6.07, 6.45) is -0.802. The summed E-state index contributed by atoms with van der Waals surface area (Å²) in [5.41, 5.74) is 0.601. The highest BCUT2D eigenvalue weighted by molar-refractivity contribution is 14.0. The van der Waals surface area contributed by atoms with Crippen LogP contribution in [0.2, 0.25) is 0 Å². The molecule has 1 unspecified atom stereocenters. The minimum absolute atomic E-state index is 0. The highest BCUT2D eigenvalue weighted by Gasteiger charge is 2.10. The van der Waals surface area contributed by atoms with Gasteiger partial charge in [-0.15, -0.1) is 35.3 Å². The first-order valence-electron chi connectivity index (χ1n) is 8.28. The minimum Gasteiger partial charge on any atom is -0.435 e. The standard InChI is InChI=1S/C18H23F2N3O2S.HI/c1-3-21-18(22-10-15-9-4-12(2)26-15)23-11-16(24)13-5-7-14(8-6-13)25-17(19)20;/h4-9,16-17,24H,3,10-11H2,1-2H3,(H2,21,22,23);1H. The normalized spacial score (nSPS) is 12.4. The molecule has 0 aliphatic heterocycles. The predicted molar refractivity (Wildman–Crippen MR) is 115 cm³/mol. The Morgan fingerprint density at radius 2 is 1.89 bits per heavy atom. The van der Waals surface area contributed by atoms with Crippen molar-refractivity contribution >= 4 is 41.3 Å².